The Hall–Kier alpha value is -3.40. The maximum absolute atomic E-state index is 4.90. The van der Waals surface area contributed by atoms with Crippen LogP contribution in [0.3, 0.4) is 0 Å². The van der Waals surface area contributed by atoms with E-state index in [0.717, 1.165) is 57.2 Å². The Kier molecular flexibility index (Phi) is 3.75. The minimum Gasteiger partial charge on any atom is -0.354 e. The maximum Gasteiger partial charge on any atom is 0.0999 e. The number of aryl methyl sites for hydroxylation is 1. The number of hydrogen-bond acceptors (Lipinski definition) is 3. The normalized spacial score (nSPS) is 11.4. The number of aromatic nitrogens is 3. The Morgan fingerprint density at radius 3 is 2.56 bits per heavy atom. The van der Waals surface area contributed by atoms with Crippen molar-refractivity contribution in [2.75, 3.05) is 5.32 Å². The van der Waals surface area contributed by atoms with E-state index in [1.54, 1.807) is 0 Å². The van der Waals surface area contributed by atoms with Gasteiger partial charge in [0, 0.05) is 17.6 Å². The van der Waals surface area contributed by atoms with Crippen LogP contribution in [0.5, 0.6) is 0 Å². The molecular formula is C23H20N4. The quantitative estimate of drug-likeness (QED) is 0.410. The summed E-state index contributed by atoms with van der Waals surface area (Å²) in [5.41, 5.74) is 6.21. The number of fused-ring (bicyclic) bond motifs is 4. The van der Waals surface area contributed by atoms with Crippen LogP contribution in [0.25, 0.3) is 32.8 Å². The van der Waals surface area contributed by atoms with E-state index in [0.29, 0.717) is 0 Å². The molecule has 0 unspecified atom stereocenters. The van der Waals surface area contributed by atoms with Gasteiger partial charge in [-0.3, -0.25) is 0 Å². The van der Waals surface area contributed by atoms with Crippen LogP contribution in [0.1, 0.15) is 13.3 Å². The van der Waals surface area contributed by atoms with Crippen molar-refractivity contribution in [3.8, 4) is 0 Å². The molecule has 0 saturated heterocycles. The average Bonchev–Trinajstić information content (AvgIpc) is 3.12. The monoisotopic (exact) mass is 352 g/mol. The van der Waals surface area contributed by atoms with Gasteiger partial charge in [-0.25, -0.2) is 9.97 Å². The van der Waals surface area contributed by atoms with Crippen LogP contribution in [0.15, 0.2) is 73.1 Å². The second-order valence-corrected chi connectivity index (χ2v) is 6.76. The zero-order valence-corrected chi connectivity index (χ0v) is 15.2. The Bertz CT molecular complexity index is 1260. The predicted octanol–water partition coefficient (Wildman–Crippen LogP) is 5.89. The number of hydrogen-bond donors (Lipinski definition) is 1. The van der Waals surface area contributed by atoms with Crippen molar-refractivity contribution in [3.05, 3.63) is 73.1 Å². The molecule has 3 aromatic carbocycles. The minimum absolute atomic E-state index is 0.960. The topological polar surface area (TPSA) is 42.7 Å². The molecule has 5 aromatic rings. The van der Waals surface area contributed by atoms with Crippen LogP contribution in [-0.4, -0.2) is 14.5 Å². The molecule has 2 heterocycles. The number of rotatable bonds is 4. The first-order chi connectivity index (χ1) is 13.3. The van der Waals surface area contributed by atoms with E-state index in [9.17, 15) is 0 Å². The molecule has 0 aliphatic carbocycles. The van der Waals surface area contributed by atoms with Crippen LogP contribution < -0.4 is 5.32 Å². The fourth-order valence-corrected chi connectivity index (χ4v) is 3.72. The van der Waals surface area contributed by atoms with Crippen molar-refractivity contribution in [1.29, 1.82) is 0 Å². The third-order valence-electron chi connectivity index (χ3n) is 4.94. The van der Waals surface area contributed by atoms with E-state index < -0.39 is 0 Å². The summed E-state index contributed by atoms with van der Waals surface area (Å²) in [6.45, 7) is 3.15. The SMILES string of the molecule is CCCn1cnc2c3c(Nc4ccccc4)c4ccccc4nc3ccc21. The summed E-state index contributed by atoms with van der Waals surface area (Å²) in [7, 11) is 0. The van der Waals surface area contributed by atoms with Gasteiger partial charge in [0.1, 0.15) is 0 Å². The molecule has 4 heteroatoms. The third kappa shape index (κ3) is 2.61. The van der Waals surface area contributed by atoms with Crippen LogP contribution >= 0.6 is 0 Å². The van der Waals surface area contributed by atoms with Crippen LogP contribution in [-0.2, 0) is 6.54 Å². The van der Waals surface area contributed by atoms with E-state index in [2.05, 4.69) is 59.3 Å². The lowest BCUT2D eigenvalue weighted by Gasteiger charge is -2.14. The third-order valence-corrected chi connectivity index (χ3v) is 4.94. The molecule has 0 radical (unpaired) electrons. The molecule has 0 bridgehead atoms. The van der Waals surface area contributed by atoms with Crippen LogP contribution in [0.2, 0.25) is 0 Å². The predicted molar refractivity (Wildman–Crippen MR) is 113 cm³/mol. The lowest BCUT2D eigenvalue weighted by atomic mass is 10.1. The highest BCUT2D eigenvalue weighted by Gasteiger charge is 2.15. The fourth-order valence-electron chi connectivity index (χ4n) is 3.72. The molecular weight excluding hydrogens is 332 g/mol. The number of pyridine rings is 1. The van der Waals surface area contributed by atoms with Crippen molar-refractivity contribution >= 4 is 44.2 Å². The molecule has 0 aliphatic heterocycles. The van der Waals surface area contributed by atoms with Gasteiger partial charge >= 0.3 is 0 Å². The highest BCUT2D eigenvalue weighted by atomic mass is 15.0. The van der Waals surface area contributed by atoms with Gasteiger partial charge in [-0.05, 0) is 36.8 Å². The van der Waals surface area contributed by atoms with E-state index in [1.807, 2.05) is 30.6 Å². The molecule has 1 N–H and O–H groups in total. The molecule has 27 heavy (non-hydrogen) atoms. The molecule has 0 atom stereocenters. The number of para-hydroxylation sites is 2. The zero-order valence-electron chi connectivity index (χ0n) is 15.2. The first-order valence-electron chi connectivity index (χ1n) is 9.33. The summed E-state index contributed by atoms with van der Waals surface area (Å²) >= 11 is 0. The first-order valence-corrected chi connectivity index (χ1v) is 9.33. The Labute approximate surface area is 157 Å². The molecule has 4 nitrogen and oxygen atoms in total. The van der Waals surface area contributed by atoms with Crippen molar-refractivity contribution in [2.24, 2.45) is 0 Å². The van der Waals surface area contributed by atoms with Crippen molar-refractivity contribution < 1.29 is 0 Å². The van der Waals surface area contributed by atoms with E-state index in [1.165, 1.54) is 0 Å². The lowest BCUT2D eigenvalue weighted by molar-refractivity contribution is 0.697. The summed E-state index contributed by atoms with van der Waals surface area (Å²) in [5, 5.41) is 5.81. The fraction of sp³-hybridized carbons (Fsp3) is 0.130. The second kappa shape index (κ2) is 6.40. The Morgan fingerprint density at radius 1 is 0.889 bits per heavy atom. The zero-order chi connectivity index (χ0) is 18.2. The summed E-state index contributed by atoms with van der Waals surface area (Å²) in [4.78, 5) is 9.65. The standard InChI is InChI=1S/C23H20N4/c1-2-14-27-15-24-23-20(27)13-12-19-21(23)22(25-16-8-4-3-5-9-16)17-10-6-7-11-18(17)26-19/h3-13,15H,2,14H2,1H3,(H,25,26). The van der Waals surface area contributed by atoms with Crippen molar-refractivity contribution in [1.82, 2.24) is 14.5 Å². The molecule has 0 fully saturated rings. The number of imidazole rings is 1. The molecule has 0 aliphatic rings. The first kappa shape index (κ1) is 15.8. The van der Waals surface area contributed by atoms with Gasteiger partial charge in [0.05, 0.1) is 39.5 Å². The number of anilines is 2. The van der Waals surface area contributed by atoms with Gasteiger partial charge in [0.25, 0.3) is 0 Å². The van der Waals surface area contributed by atoms with Crippen molar-refractivity contribution in [2.45, 2.75) is 19.9 Å². The lowest BCUT2D eigenvalue weighted by Crippen LogP contribution is -1.97. The molecule has 0 saturated carbocycles. The Morgan fingerprint density at radius 2 is 1.70 bits per heavy atom. The number of nitrogens with one attached hydrogen (secondary N) is 1. The highest BCUT2D eigenvalue weighted by Crippen LogP contribution is 2.36. The molecule has 132 valence electrons. The van der Waals surface area contributed by atoms with Crippen LogP contribution in [0, 0.1) is 0 Å². The maximum atomic E-state index is 4.90. The largest absolute Gasteiger partial charge is 0.354 e. The summed E-state index contributed by atoms with van der Waals surface area (Å²) in [6, 6.07) is 22.8. The number of benzene rings is 3. The van der Waals surface area contributed by atoms with Gasteiger partial charge in [-0.15, -0.1) is 0 Å². The molecule has 0 spiro atoms. The van der Waals surface area contributed by atoms with E-state index >= 15 is 0 Å². The van der Waals surface area contributed by atoms with Crippen molar-refractivity contribution in [3.63, 3.8) is 0 Å². The van der Waals surface area contributed by atoms with Crippen LogP contribution in [0.4, 0.5) is 11.4 Å². The average molecular weight is 352 g/mol. The smallest absolute Gasteiger partial charge is 0.0999 e. The van der Waals surface area contributed by atoms with E-state index in [-0.39, 0.29) is 0 Å². The van der Waals surface area contributed by atoms with Gasteiger partial charge in [-0.1, -0.05) is 43.3 Å². The Balaban J connectivity index is 1.87. The summed E-state index contributed by atoms with van der Waals surface area (Å²) < 4.78 is 2.22. The summed E-state index contributed by atoms with van der Waals surface area (Å²) in [6.07, 6.45) is 3.02. The molecule has 0 amide bonds. The van der Waals surface area contributed by atoms with Gasteiger partial charge in [-0.2, -0.15) is 0 Å². The highest BCUT2D eigenvalue weighted by molar-refractivity contribution is 6.17. The number of nitrogens with zero attached hydrogens (tertiary/aromatic N) is 3. The molecule has 5 rings (SSSR count). The van der Waals surface area contributed by atoms with Gasteiger partial charge in [0.2, 0.25) is 0 Å². The van der Waals surface area contributed by atoms with E-state index in [4.69, 9.17) is 9.97 Å². The molecule has 2 aromatic heterocycles. The van der Waals surface area contributed by atoms with Gasteiger partial charge in [0.15, 0.2) is 0 Å². The summed E-state index contributed by atoms with van der Waals surface area (Å²) in [5.74, 6) is 0. The minimum atomic E-state index is 0.960. The van der Waals surface area contributed by atoms with Gasteiger partial charge < -0.3 is 9.88 Å². The second-order valence-electron chi connectivity index (χ2n) is 6.76.